The van der Waals surface area contributed by atoms with E-state index in [1.165, 1.54) is 12.1 Å². The molecule has 2 amide bonds. The summed E-state index contributed by atoms with van der Waals surface area (Å²) in [7, 11) is 0. The normalized spacial score (nSPS) is 28.4. The molecule has 0 spiro atoms. The molecule has 0 saturated carbocycles. The number of aliphatic carboxylic acids is 1. The van der Waals surface area contributed by atoms with Gasteiger partial charge in [-0.1, -0.05) is 26.0 Å². The van der Waals surface area contributed by atoms with Crippen molar-refractivity contribution in [2.24, 2.45) is 17.8 Å². The highest BCUT2D eigenvalue weighted by Crippen LogP contribution is 2.52. The van der Waals surface area contributed by atoms with E-state index in [1.807, 2.05) is 0 Å². The van der Waals surface area contributed by atoms with Crippen LogP contribution in [0.2, 0.25) is 0 Å². The van der Waals surface area contributed by atoms with Gasteiger partial charge in [0.25, 0.3) is 0 Å². The molecule has 32 heavy (non-hydrogen) atoms. The summed E-state index contributed by atoms with van der Waals surface area (Å²) >= 11 is 0. The van der Waals surface area contributed by atoms with Crippen molar-refractivity contribution >= 4 is 17.8 Å². The van der Waals surface area contributed by atoms with E-state index < -0.39 is 58.9 Å². The Morgan fingerprint density at radius 2 is 1.84 bits per heavy atom. The summed E-state index contributed by atoms with van der Waals surface area (Å²) in [5, 5.41) is 13.2. The molecule has 4 unspecified atom stereocenters. The van der Waals surface area contributed by atoms with Crippen molar-refractivity contribution in [2.75, 3.05) is 0 Å². The Bertz CT molecular complexity index is 940. The molecule has 2 fully saturated rings. The fourth-order valence-corrected chi connectivity index (χ4v) is 4.97. The second-order valence-corrected chi connectivity index (χ2v) is 9.80. The number of likely N-dealkylation sites (tertiary alicyclic amines) is 1. The molecule has 10 heteroatoms. The van der Waals surface area contributed by atoms with Gasteiger partial charge in [0.1, 0.15) is 11.3 Å². The van der Waals surface area contributed by atoms with Crippen molar-refractivity contribution in [1.29, 1.82) is 0 Å². The molecule has 0 aliphatic carbocycles. The van der Waals surface area contributed by atoms with Crippen LogP contribution in [0.4, 0.5) is 13.2 Å². The Kier molecular flexibility index (Phi) is 5.82. The fraction of sp³-hybridized carbons (Fsp3) is 0.591. The monoisotopic (exact) mass is 456 g/mol. The number of hydrogen-bond donors (Lipinski definition) is 2. The molecule has 0 radical (unpaired) electrons. The van der Waals surface area contributed by atoms with Gasteiger partial charge < -0.3 is 9.84 Å². The zero-order valence-corrected chi connectivity index (χ0v) is 18.5. The third kappa shape index (κ3) is 4.07. The predicted octanol–water partition coefficient (Wildman–Crippen LogP) is 3.50. The summed E-state index contributed by atoms with van der Waals surface area (Å²) in [6.07, 6.45) is -4.84. The number of halogens is 3. The van der Waals surface area contributed by atoms with Crippen molar-refractivity contribution in [3.63, 3.8) is 0 Å². The molecular formula is C22H27F3N2O5. The molecule has 1 aromatic rings. The zero-order valence-electron chi connectivity index (χ0n) is 18.5. The van der Waals surface area contributed by atoms with Crippen LogP contribution in [0.5, 0.6) is 5.75 Å². The van der Waals surface area contributed by atoms with Gasteiger partial charge in [0.15, 0.2) is 0 Å². The van der Waals surface area contributed by atoms with Gasteiger partial charge >= 0.3 is 12.3 Å². The van der Waals surface area contributed by atoms with Gasteiger partial charge in [0.05, 0.1) is 11.8 Å². The second kappa shape index (κ2) is 7.75. The van der Waals surface area contributed by atoms with Crippen molar-refractivity contribution in [3.8, 4) is 5.75 Å². The minimum absolute atomic E-state index is 0.0652. The fourth-order valence-electron chi connectivity index (χ4n) is 4.97. The summed E-state index contributed by atoms with van der Waals surface area (Å²) in [4.78, 5) is 40.4. The quantitative estimate of drug-likeness (QED) is 0.659. The van der Waals surface area contributed by atoms with Crippen LogP contribution >= 0.6 is 0 Å². The number of nitrogens with zero attached hydrogens (tertiary/aromatic N) is 1. The standard InChI is InChI=1S/C22H27F3N2O5/c1-11(2)10-21(19(30)31)15-14(17(28)27(18(15)29)20(3,4)5)16(26-21)12-7-6-8-13(9-12)32-22(23,24)25/h6-9,11,14-16,26H,10H2,1-5H3,(H,30,31). The lowest BCUT2D eigenvalue weighted by Crippen LogP contribution is -2.58. The first-order valence-electron chi connectivity index (χ1n) is 10.3. The predicted molar refractivity (Wildman–Crippen MR) is 107 cm³/mol. The van der Waals surface area contributed by atoms with Crippen LogP contribution < -0.4 is 10.1 Å². The molecule has 2 aliphatic heterocycles. The zero-order chi connectivity index (χ0) is 24.2. The van der Waals surface area contributed by atoms with Crippen LogP contribution in [0.25, 0.3) is 0 Å². The van der Waals surface area contributed by atoms with E-state index in [9.17, 15) is 32.7 Å². The summed E-state index contributed by atoms with van der Waals surface area (Å²) < 4.78 is 42.1. The Morgan fingerprint density at radius 1 is 1.22 bits per heavy atom. The maximum atomic E-state index is 13.4. The third-order valence-electron chi connectivity index (χ3n) is 5.89. The first kappa shape index (κ1) is 24.0. The van der Waals surface area contributed by atoms with E-state index in [1.54, 1.807) is 34.6 Å². The van der Waals surface area contributed by atoms with Crippen LogP contribution in [-0.4, -0.2) is 45.2 Å². The summed E-state index contributed by atoms with van der Waals surface area (Å²) in [5.41, 5.74) is -2.38. The Labute approximate surface area is 183 Å². The van der Waals surface area contributed by atoms with Crippen molar-refractivity contribution < 1.29 is 37.4 Å². The minimum Gasteiger partial charge on any atom is -0.480 e. The van der Waals surface area contributed by atoms with Crippen LogP contribution in [0.15, 0.2) is 24.3 Å². The SMILES string of the molecule is CC(C)CC1(C(=O)O)NC(c2cccc(OC(F)(F)F)c2)C2C(=O)N(C(C)(C)C)C(=O)C21. The number of nitrogens with one attached hydrogen (secondary N) is 1. The summed E-state index contributed by atoms with van der Waals surface area (Å²) in [6.45, 7) is 8.63. The van der Waals surface area contributed by atoms with E-state index in [4.69, 9.17) is 0 Å². The maximum absolute atomic E-state index is 13.4. The number of ether oxygens (including phenoxy) is 1. The smallest absolute Gasteiger partial charge is 0.480 e. The minimum atomic E-state index is -4.91. The van der Waals surface area contributed by atoms with Crippen LogP contribution in [-0.2, 0) is 14.4 Å². The number of amides is 2. The molecule has 4 atom stereocenters. The molecule has 1 aromatic carbocycles. The van der Waals surface area contributed by atoms with Crippen molar-refractivity contribution in [1.82, 2.24) is 10.2 Å². The molecular weight excluding hydrogens is 429 g/mol. The van der Waals surface area contributed by atoms with Crippen molar-refractivity contribution in [3.05, 3.63) is 29.8 Å². The van der Waals surface area contributed by atoms with E-state index in [-0.39, 0.29) is 17.9 Å². The number of benzene rings is 1. The lowest BCUT2D eigenvalue weighted by Gasteiger charge is -2.36. The highest BCUT2D eigenvalue weighted by atomic mass is 19.4. The molecule has 0 bridgehead atoms. The average Bonchev–Trinajstić information content (AvgIpc) is 3.08. The molecule has 2 aliphatic rings. The number of fused-ring (bicyclic) bond motifs is 1. The Hall–Kier alpha value is -2.62. The third-order valence-corrected chi connectivity index (χ3v) is 5.89. The van der Waals surface area contributed by atoms with E-state index in [2.05, 4.69) is 10.1 Å². The van der Waals surface area contributed by atoms with Gasteiger partial charge in [0.2, 0.25) is 11.8 Å². The Morgan fingerprint density at radius 3 is 2.34 bits per heavy atom. The number of imide groups is 1. The number of carbonyl (C=O) groups is 3. The van der Waals surface area contributed by atoms with Crippen molar-refractivity contribution in [2.45, 2.75) is 64.5 Å². The lowest BCUT2D eigenvalue weighted by atomic mass is 9.75. The van der Waals surface area contributed by atoms with Gasteiger partial charge in [-0.2, -0.15) is 0 Å². The van der Waals surface area contributed by atoms with Crippen LogP contribution in [0.1, 0.15) is 52.6 Å². The van der Waals surface area contributed by atoms with E-state index >= 15 is 0 Å². The van der Waals surface area contributed by atoms with Gasteiger partial charge in [-0.3, -0.25) is 24.6 Å². The number of hydrogen-bond acceptors (Lipinski definition) is 5. The van der Waals surface area contributed by atoms with Crippen LogP contribution in [0.3, 0.4) is 0 Å². The van der Waals surface area contributed by atoms with Gasteiger partial charge in [0, 0.05) is 11.6 Å². The topological polar surface area (TPSA) is 95.9 Å². The molecule has 2 N–H and O–H groups in total. The number of carbonyl (C=O) groups excluding carboxylic acids is 2. The molecule has 2 heterocycles. The highest BCUT2D eigenvalue weighted by Gasteiger charge is 2.69. The number of rotatable bonds is 5. The van der Waals surface area contributed by atoms with Gasteiger partial charge in [-0.15, -0.1) is 13.2 Å². The van der Waals surface area contributed by atoms with Crippen LogP contribution in [0, 0.1) is 17.8 Å². The largest absolute Gasteiger partial charge is 0.573 e. The average molecular weight is 456 g/mol. The van der Waals surface area contributed by atoms with Gasteiger partial charge in [-0.05, 0) is 50.8 Å². The molecule has 3 rings (SSSR count). The second-order valence-electron chi connectivity index (χ2n) is 9.80. The maximum Gasteiger partial charge on any atom is 0.573 e. The number of carboxylic acid groups (broad SMARTS) is 1. The van der Waals surface area contributed by atoms with Gasteiger partial charge in [-0.25, -0.2) is 0 Å². The van der Waals surface area contributed by atoms with E-state index in [0.717, 1.165) is 17.0 Å². The molecule has 0 aromatic heterocycles. The first-order chi connectivity index (χ1) is 14.6. The summed E-state index contributed by atoms with van der Waals surface area (Å²) in [5.74, 6) is -5.29. The molecule has 2 saturated heterocycles. The highest BCUT2D eigenvalue weighted by molar-refractivity contribution is 6.10. The molecule has 176 valence electrons. The summed E-state index contributed by atoms with van der Waals surface area (Å²) in [6, 6.07) is 4.08. The number of alkyl halides is 3. The Balaban J connectivity index is 2.15. The first-order valence-corrected chi connectivity index (χ1v) is 10.3. The van der Waals surface area contributed by atoms with E-state index in [0.29, 0.717) is 0 Å². The number of carboxylic acids is 1. The lowest BCUT2D eigenvalue weighted by molar-refractivity contribution is -0.274. The molecule has 7 nitrogen and oxygen atoms in total.